The highest BCUT2D eigenvalue weighted by molar-refractivity contribution is 6.03. The highest BCUT2D eigenvalue weighted by Crippen LogP contribution is 2.21. The summed E-state index contributed by atoms with van der Waals surface area (Å²) in [6, 6.07) is 14.6. The van der Waals surface area contributed by atoms with Crippen LogP contribution in [0.2, 0.25) is 0 Å². The third-order valence-electron chi connectivity index (χ3n) is 3.96. The summed E-state index contributed by atoms with van der Waals surface area (Å²) in [5.74, 6) is 0.145. The maximum absolute atomic E-state index is 12.9. The van der Waals surface area contributed by atoms with E-state index in [1.165, 1.54) is 30.5 Å². The van der Waals surface area contributed by atoms with Gasteiger partial charge >= 0.3 is 0 Å². The smallest absolute Gasteiger partial charge is 0.275 e. The van der Waals surface area contributed by atoms with Crippen molar-refractivity contribution in [3.63, 3.8) is 0 Å². The fourth-order valence-corrected chi connectivity index (χ4v) is 2.59. The Morgan fingerprint density at radius 1 is 1.11 bits per heavy atom. The number of hydrogen-bond acceptors (Lipinski definition) is 4. The first-order valence-electron chi connectivity index (χ1n) is 8.24. The van der Waals surface area contributed by atoms with Crippen molar-refractivity contribution in [2.45, 2.75) is 6.92 Å². The van der Waals surface area contributed by atoms with Gasteiger partial charge in [0.2, 0.25) is 5.88 Å². The fraction of sp³-hybridized carbons (Fsp3) is 0.0500. The molecule has 0 radical (unpaired) electrons. The molecule has 0 saturated carbocycles. The van der Waals surface area contributed by atoms with E-state index in [9.17, 15) is 9.18 Å². The molecule has 6 nitrogen and oxygen atoms in total. The fourth-order valence-electron chi connectivity index (χ4n) is 2.59. The Morgan fingerprint density at radius 2 is 1.93 bits per heavy atom. The molecule has 0 unspecified atom stereocenters. The number of nitrogens with zero attached hydrogens (tertiary/aromatic N) is 3. The van der Waals surface area contributed by atoms with Gasteiger partial charge in [0.15, 0.2) is 0 Å². The number of carbonyl (C=O) groups is 1. The lowest BCUT2D eigenvalue weighted by atomic mass is 10.3. The summed E-state index contributed by atoms with van der Waals surface area (Å²) in [6.07, 6.45) is 3.18. The summed E-state index contributed by atoms with van der Waals surface area (Å²) < 4.78 is 20.3. The van der Waals surface area contributed by atoms with Crippen LogP contribution in [-0.4, -0.2) is 20.3 Å². The maximum Gasteiger partial charge on any atom is 0.275 e. The van der Waals surface area contributed by atoms with Crippen LogP contribution < -0.4 is 10.1 Å². The maximum atomic E-state index is 12.9. The zero-order valence-electron chi connectivity index (χ0n) is 14.4. The van der Waals surface area contributed by atoms with Crippen LogP contribution in [-0.2, 0) is 0 Å². The normalized spacial score (nSPS) is 10.7. The van der Waals surface area contributed by atoms with Crippen molar-refractivity contribution < 1.29 is 13.9 Å². The minimum atomic E-state index is -0.337. The Hall–Kier alpha value is -3.74. The first kappa shape index (κ1) is 16.7. The highest BCUT2D eigenvalue weighted by Gasteiger charge is 2.12. The van der Waals surface area contributed by atoms with E-state index in [-0.39, 0.29) is 11.7 Å². The van der Waals surface area contributed by atoms with E-state index in [0.29, 0.717) is 28.7 Å². The average molecular weight is 362 g/mol. The van der Waals surface area contributed by atoms with Gasteiger partial charge in [0.1, 0.15) is 22.9 Å². The molecule has 1 N–H and O–H groups in total. The number of hydrogen-bond donors (Lipinski definition) is 1. The van der Waals surface area contributed by atoms with Crippen LogP contribution in [0.25, 0.3) is 5.65 Å². The SMILES string of the molecule is Cc1cccc2nc(C(=O)Nc3ccc(Oc4ccc(F)cc4)nc3)cn12. The van der Waals surface area contributed by atoms with Gasteiger partial charge in [0, 0.05) is 18.0 Å². The molecular weight excluding hydrogens is 347 g/mol. The molecule has 7 heteroatoms. The number of amides is 1. The van der Waals surface area contributed by atoms with E-state index in [4.69, 9.17) is 4.74 Å². The second-order valence-corrected chi connectivity index (χ2v) is 5.92. The Balaban J connectivity index is 1.46. The van der Waals surface area contributed by atoms with Crippen LogP contribution in [0.1, 0.15) is 16.2 Å². The van der Waals surface area contributed by atoms with Gasteiger partial charge in [-0.3, -0.25) is 4.79 Å². The Kier molecular flexibility index (Phi) is 4.25. The van der Waals surface area contributed by atoms with Gasteiger partial charge in [-0.25, -0.2) is 14.4 Å². The molecular formula is C20H15FN4O2. The Bertz CT molecular complexity index is 1110. The van der Waals surface area contributed by atoms with Crippen LogP contribution in [0.4, 0.5) is 10.1 Å². The molecule has 3 heterocycles. The van der Waals surface area contributed by atoms with Crippen molar-refractivity contribution >= 4 is 17.2 Å². The number of rotatable bonds is 4. The summed E-state index contributed by atoms with van der Waals surface area (Å²) in [7, 11) is 0. The number of ether oxygens (including phenoxy) is 1. The lowest BCUT2D eigenvalue weighted by molar-refractivity contribution is 0.102. The minimum absolute atomic E-state index is 0.316. The molecule has 3 aromatic heterocycles. The topological polar surface area (TPSA) is 68.5 Å². The molecule has 0 fully saturated rings. The number of benzene rings is 1. The van der Waals surface area contributed by atoms with Gasteiger partial charge in [-0.05, 0) is 49.4 Å². The van der Waals surface area contributed by atoms with E-state index >= 15 is 0 Å². The first-order chi connectivity index (χ1) is 13.1. The molecule has 0 spiro atoms. The molecule has 1 amide bonds. The molecule has 0 saturated heterocycles. The molecule has 1 aromatic carbocycles. The number of halogens is 1. The predicted octanol–water partition coefficient (Wildman–Crippen LogP) is 4.22. The Morgan fingerprint density at radius 3 is 2.63 bits per heavy atom. The molecule has 0 aliphatic rings. The van der Waals surface area contributed by atoms with Crippen LogP contribution in [0.3, 0.4) is 0 Å². The molecule has 27 heavy (non-hydrogen) atoms. The predicted molar refractivity (Wildman–Crippen MR) is 98.6 cm³/mol. The van der Waals surface area contributed by atoms with Crippen molar-refractivity contribution in [1.29, 1.82) is 0 Å². The van der Waals surface area contributed by atoms with Crippen molar-refractivity contribution in [2.24, 2.45) is 0 Å². The molecule has 0 bridgehead atoms. The summed E-state index contributed by atoms with van der Waals surface area (Å²) in [6.45, 7) is 1.94. The minimum Gasteiger partial charge on any atom is -0.439 e. The van der Waals surface area contributed by atoms with Gasteiger partial charge in [0.05, 0.1) is 11.9 Å². The molecule has 0 aliphatic heterocycles. The Labute approximate surface area is 154 Å². The summed E-state index contributed by atoms with van der Waals surface area (Å²) >= 11 is 0. The van der Waals surface area contributed by atoms with Gasteiger partial charge < -0.3 is 14.5 Å². The van der Waals surface area contributed by atoms with Gasteiger partial charge in [-0.1, -0.05) is 6.07 Å². The number of pyridine rings is 2. The zero-order chi connectivity index (χ0) is 18.8. The van der Waals surface area contributed by atoms with Crippen molar-refractivity contribution in [1.82, 2.24) is 14.4 Å². The number of aromatic nitrogens is 3. The number of aryl methyl sites for hydroxylation is 1. The van der Waals surface area contributed by atoms with Crippen LogP contribution in [0.5, 0.6) is 11.6 Å². The monoisotopic (exact) mass is 362 g/mol. The molecule has 0 aliphatic carbocycles. The lowest BCUT2D eigenvalue weighted by Crippen LogP contribution is -2.12. The van der Waals surface area contributed by atoms with E-state index < -0.39 is 0 Å². The van der Waals surface area contributed by atoms with Gasteiger partial charge in [-0.15, -0.1) is 0 Å². The number of carbonyl (C=O) groups excluding carboxylic acids is 1. The molecule has 0 atom stereocenters. The number of nitrogens with one attached hydrogen (secondary N) is 1. The summed E-state index contributed by atoms with van der Waals surface area (Å²) in [5, 5.41) is 2.75. The number of anilines is 1. The van der Waals surface area contributed by atoms with Gasteiger partial charge in [-0.2, -0.15) is 0 Å². The molecule has 134 valence electrons. The van der Waals surface area contributed by atoms with Crippen molar-refractivity contribution in [3.8, 4) is 11.6 Å². The first-order valence-corrected chi connectivity index (χ1v) is 8.24. The average Bonchev–Trinajstić information content (AvgIpc) is 3.11. The van der Waals surface area contributed by atoms with Gasteiger partial charge in [0.25, 0.3) is 5.91 Å². The molecule has 4 rings (SSSR count). The second kappa shape index (κ2) is 6.87. The summed E-state index contributed by atoms with van der Waals surface area (Å²) in [5.41, 5.74) is 2.53. The van der Waals surface area contributed by atoms with Crippen LogP contribution >= 0.6 is 0 Å². The molecule has 4 aromatic rings. The number of imidazole rings is 1. The van der Waals surface area contributed by atoms with E-state index in [2.05, 4.69) is 15.3 Å². The largest absolute Gasteiger partial charge is 0.439 e. The number of fused-ring (bicyclic) bond motifs is 1. The standard InChI is InChI=1S/C20H15FN4O2/c1-13-3-2-4-18-24-17(12-25(13)18)20(26)23-15-7-10-19(22-11-15)27-16-8-5-14(21)6-9-16/h2-12H,1H3,(H,23,26). The lowest BCUT2D eigenvalue weighted by Gasteiger charge is -2.06. The van der Waals surface area contributed by atoms with Crippen molar-refractivity contribution in [3.05, 3.63) is 84.2 Å². The third-order valence-corrected chi connectivity index (χ3v) is 3.96. The quantitative estimate of drug-likeness (QED) is 0.590. The second-order valence-electron chi connectivity index (χ2n) is 5.92. The van der Waals surface area contributed by atoms with E-state index in [0.717, 1.165) is 5.69 Å². The van der Waals surface area contributed by atoms with Crippen LogP contribution in [0.15, 0.2) is 67.0 Å². The van der Waals surface area contributed by atoms with Crippen LogP contribution in [0, 0.1) is 12.7 Å². The van der Waals surface area contributed by atoms with E-state index in [1.54, 1.807) is 18.3 Å². The summed E-state index contributed by atoms with van der Waals surface area (Å²) in [4.78, 5) is 20.9. The highest BCUT2D eigenvalue weighted by atomic mass is 19.1. The van der Waals surface area contributed by atoms with E-state index in [1.807, 2.05) is 29.5 Å². The third kappa shape index (κ3) is 3.62. The van der Waals surface area contributed by atoms with Crippen molar-refractivity contribution in [2.75, 3.05) is 5.32 Å². The zero-order valence-corrected chi connectivity index (χ0v) is 14.4.